The number of nitrogens with one attached hydrogen (secondary N) is 1. The van der Waals surface area contributed by atoms with Gasteiger partial charge in [0, 0.05) is 50.4 Å². The highest BCUT2D eigenvalue weighted by atomic mass is 16.6. The van der Waals surface area contributed by atoms with Gasteiger partial charge < -0.3 is 10.2 Å². The normalized spacial score (nSPS) is 10.7. The van der Waals surface area contributed by atoms with Crippen molar-refractivity contribution in [2.45, 2.75) is 0 Å². The summed E-state index contributed by atoms with van der Waals surface area (Å²) in [5.41, 5.74) is 3.16. The molecular formula is C17H20N4O2. The Bertz CT molecular complexity index is 664. The van der Waals surface area contributed by atoms with Crippen LogP contribution in [0.2, 0.25) is 0 Å². The van der Waals surface area contributed by atoms with Crippen molar-refractivity contribution in [3.63, 3.8) is 0 Å². The second-order valence-corrected chi connectivity index (χ2v) is 5.25. The summed E-state index contributed by atoms with van der Waals surface area (Å²) in [6.07, 6.45) is 1.72. The van der Waals surface area contributed by atoms with Crippen LogP contribution in [0.25, 0.3) is 0 Å². The Balaban J connectivity index is 1.77. The molecule has 2 aromatic rings. The van der Waals surface area contributed by atoms with Crippen molar-refractivity contribution in [1.82, 2.24) is 0 Å². The van der Waals surface area contributed by atoms with Crippen LogP contribution >= 0.6 is 0 Å². The van der Waals surface area contributed by atoms with Crippen LogP contribution in [0.1, 0.15) is 5.56 Å². The van der Waals surface area contributed by atoms with E-state index in [0.29, 0.717) is 6.54 Å². The van der Waals surface area contributed by atoms with Crippen molar-refractivity contribution in [3.05, 3.63) is 64.2 Å². The summed E-state index contributed by atoms with van der Waals surface area (Å²) in [5, 5.41) is 13.9. The molecule has 2 aromatic carbocycles. The first-order chi connectivity index (χ1) is 11.1. The third kappa shape index (κ3) is 5.10. The van der Waals surface area contributed by atoms with Crippen LogP contribution in [0.15, 0.2) is 53.5 Å². The fourth-order valence-corrected chi connectivity index (χ4v) is 1.99. The molecule has 0 atom stereocenters. The molecule has 0 radical (unpaired) electrons. The van der Waals surface area contributed by atoms with E-state index < -0.39 is 4.92 Å². The van der Waals surface area contributed by atoms with E-state index in [2.05, 4.69) is 27.3 Å². The monoisotopic (exact) mass is 312 g/mol. The van der Waals surface area contributed by atoms with Crippen molar-refractivity contribution >= 4 is 23.3 Å². The summed E-state index contributed by atoms with van der Waals surface area (Å²) < 4.78 is 0. The largest absolute Gasteiger partial charge is 0.383 e. The lowest BCUT2D eigenvalue weighted by Gasteiger charge is -2.13. The van der Waals surface area contributed by atoms with Crippen LogP contribution in [-0.4, -0.2) is 38.3 Å². The smallest absolute Gasteiger partial charge is 0.269 e. The lowest BCUT2D eigenvalue weighted by atomic mass is 10.2. The number of aliphatic imine (C=N–C) groups is 1. The maximum Gasteiger partial charge on any atom is 0.269 e. The lowest BCUT2D eigenvalue weighted by Crippen LogP contribution is -2.09. The minimum atomic E-state index is -0.410. The van der Waals surface area contributed by atoms with E-state index in [0.717, 1.165) is 23.5 Å². The Morgan fingerprint density at radius 2 is 1.78 bits per heavy atom. The van der Waals surface area contributed by atoms with Gasteiger partial charge in [-0.25, -0.2) is 0 Å². The first-order valence-corrected chi connectivity index (χ1v) is 7.32. The maximum absolute atomic E-state index is 10.6. The molecule has 2 rings (SSSR count). The molecule has 6 nitrogen and oxygen atoms in total. The Kier molecular flexibility index (Phi) is 5.68. The van der Waals surface area contributed by atoms with Gasteiger partial charge >= 0.3 is 0 Å². The van der Waals surface area contributed by atoms with E-state index >= 15 is 0 Å². The SMILES string of the molecule is CN(C)c1ccc(NCCN=Cc2ccc([N+](=O)[O-])cc2)cc1. The third-order valence-corrected chi connectivity index (χ3v) is 3.30. The molecule has 0 aliphatic heterocycles. The maximum atomic E-state index is 10.6. The second kappa shape index (κ2) is 7.93. The van der Waals surface area contributed by atoms with E-state index in [-0.39, 0.29) is 5.69 Å². The van der Waals surface area contributed by atoms with Crippen LogP contribution in [0.5, 0.6) is 0 Å². The molecule has 0 saturated carbocycles. The zero-order valence-corrected chi connectivity index (χ0v) is 13.3. The van der Waals surface area contributed by atoms with E-state index in [1.54, 1.807) is 18.3 Å². The summed E-state index contributed by atoms with van der Waals surface area (Å²) in [4.78, 5) is 16.5. The van der Waals surface area contributed by atoms with Crippen molar-refractivity contribution in [3.8, 4) is 0 Å². The third-order valence-electron chi connectivity index (χ3n) is 3.30. The topological polar surface area (TPSA) is 70.8 Å². The first kappa shape index (κ1) is 16.5. The van der Waals surface area contributed by atoms with E-state index in [4.69, 9.17) is 0 Å². The Hall–Kier alpha value is -2.89. The van der Waals surface area contributed by atoms with Crippen LogP contribution in [-0.2, 0) is 0 Å². The van der Waals surface area contributed by atoms with Gasteiger partial charge in [-0.05, 0) is 42.0 Å². The lowest BCUT2D eigenvalue weighted by molar-refractivity contribution is -0.384. The van der Waals surface area contributed by atoms with Crippen LogP contribution < -0.4 is 10.2 Å². The number of anilines is 2. The molecule has 0 aliphatic rings. The molecule has 23 heavy (non-hydrogen) atoms. The zero-order valence-electron chi connectivity index (χ0n) is 13.3. The molecule has 0 saturated heterocycles. The molecule has 0 aliphatic carbocycles. The average molecular weight is 312 g/mol. The minimum Gasteiger partial charge on any atom is -0.383 e. The molecule has 120 valence electrons. The standard InChI is InChI=1S/C17H20N4O2/c1-20(2)16-9-5-15(6-10-16)19-12-11-18-13-14-3-7-17(8-4-14)21(22)23/h3-10,13,19H,11-12H2,1-2H3. The molecule has 0 bridgehead atoms. The molecular weight excluding hydrogens is 292 g/mol. The Labute approximate surface area is 135 Å². The van der Waals surface area contributed by atoms with Gasteiger partial charge in [0.2, 0.25) is 0 Å². The molecule has 0 unspecified atom stereocenters. The number of nitro benzene ring substituents is 1. The van der Waals surface area contributed by atoms with Crippen LogP contribution in [0.4, 0.5) is 17.1 Å². The minimum absolute atomic E-state index is 0.0880. The van der Waals surface area contributed by atoms with Gasteiger partial charge in [-0.3, -0.25) is 15.1 Å². The zero-order chi connectivity index (χ0) is 16.7. The predicted octanol–water partition coefficient (Wildman–Crippen LogP) is 3.19. The van der Waals surface area contributed by atoms with Crippen LogP contribution in [0, 0.1) is 10.1 Å². The summed E-state index contributed by atoms with van der Waals surface area (Å²) >= 11 is 0. The highest BCUT2D eigenvalue weighted by molar-refractivity contribution is 5.79. The number of nitrogens with zero attached hydrogens (tertiary/aromatic N) is 3. The van der Waals surface area contributed by atoms with Crippen LogP contribution in [0.3, 0.4) is 0 Å². The van der Waals surface area contributed by atoms with E-state index in [9.17, 15) is 10.1 Å². The number of non-ortho nitro benzene ring substituents is 1. The first-order valence-electron chi connectivity index (χ1n) is 7.32. The molecule has 1 N–H and O–H groups in total. The van der Waals surface area contributed by atoms with Gasteiger partial charge in [0.05, 0.1) is 11.5 Å². The van der Waals surface area contributed by atoms with E-state index in [1.165, 1.54) is 12.1 Å². The Morgan fingerprint density at radius 3 is 2.35 bits per heavy atom. The fraction of sp³-hybridized carbons (Fsp3) is 0.235. The van der Waals surface area contributed by atoms with Crippen molar-refractivity contribution in [2.24, 2.45) is 4.99 Å². The summed E-state index contributed by atoms with van der Waals surface area (Å²) in [7, 11) is 4.02. The quantitative estimate of drug-likeness (QED) is 0.369. The molecule has 0 fully saturated rings. The van der Waals surface area contributed by atoms with E-state index in [1.807, 2.05) is 26.2 Å². The van der Waals surface area contributed by atoms with Gasteiger partial charge in [0.25, 0.3) is 5.69 Å². The van der Waals surface area contributed by atoms with Crippen molar-refractivity contribution in [2.75, 3.05) is 37.4 Å². The summed E-state index contributed by atoms with van der Waals surface area (Å²) in [6, 6.07) is 14.5. The number of hydrogen-bond acceptors (Lipinski definition) is 5. The van der Waals surface area contributed by atoms with Crippen molar-refractivity contribution in [1.29, 1.82) is 0 Å². The average Bonchev–Trinajstić information content (AvgIpc) is 2.55. The molecule has 6 heteroatoms. The number of benzene rings is 2. The molecule has 0 amide bonds. The predicted molar refractivity (Wildman–Crippen MR) is 94.8 cm³/mol. The highest BCUT2D eigenvalue weighted by Gasteiger charge is 2.02. The van der Waals surface area contributed by atoms with Crippen molar-refractivity contribution < 1.29 is 4.92 Å². The van der Waals surface area contributed by atoms with Gasteiger partial charge in [-0.15, -0.1) is 0 Å². The Morgan fingerprint density at radius 1 is 1.13 bits per heavy atom. The second-order valence-electron chi connectivity index (χ2n) is 5.25. The molecule has 0 heterocycles. The van der Waals surface area contributed by atoms with Gasteiger partial charge in [-0.1, -0.05) is 0 Å². The van der Waals surface area contributed by atoms with Gasteiger partial charge in [0.15, 0.2) is 0 Å². The van der Waals surface area contributed by atoms with Gasteiger partial charge in [-0.2, -0.15) is 0 Å². The fourth-order valence-electron chi connectivity index (χ4n) is 1.99. The number of nitro groups is 1. The summed E-state index contributed by atoms with van der Waals surface area (Å²) in [6.45, 7) is 1.36. The highest BCUT2D eigenvalue weighted by Crippen LogP contribution is 2.15. The summed E-state index contributed by atoms with van der Waals surface area (Å²) in [5.74, 6) is 0. The van der Waals surface area contributed by atoms with Gasteiger partial charge in [0.1, 0.15) is 0 Å². The number of hydrogen-bond donors (Lipinski definition) is 1. The molecule has 0 spiro atoms. The number of rotatable bonds is 7. The molecule has 0 aromatic heterocycles.